The van der Waals surface area contributed by atoms with Gasteiger partial charge < -0.3 is 89.8 Å². The number of rotatable bonds is 27. The Morgan fingerprint density at radius 1 is 0.552 bits per heavy atom. The van der Waals surface area contributed by atoms with Crippen LogP contribution in [-0.4, -0.2) is 195 Å². The number of hydrogen-bond donors (Lipinski definition) is 10. The molecule has 334 valence electrons. The van der Waals surface area contributed by atoms with Crippen molar-refractivity contribution < 1.29 is 87.7 Å². The second-order valence-electron chi connectivity index (χ2n) is 13.2. The van der Waals surface area contributed by atoms with Crippen LogP contribution in [0.5, 0.6) is 0 Å². The van der Waals surface area contributed by atoms with Crippen LogP contribution in [0, 0.1) is 0 Å². The maximum atomic E-state index is 11.9. The monoisotopic (exact) mass is 838 g/mol. The van der Waals surface area contributed by atoms with Crippen molar-refractivity contribution in [1.82, 2.24) is 21.3 Å². The Hall–Kier alpha value is -3.52. The standard InChI is InChI=1S/C36H62N4O18/c1-23(43)39-27-31(47)29(45)25(21-41)57-33(27)53-17-5-7-19-55-35(49)37-11-9-15-51-13-3-4-14-52-16-10-12-38-36(50)56-20-8-6-18-54-34-28(40-24(2)44)32(48)30(46)26(22-42)58-34/h5-8,25-34,41-42,45-48H,3-4,9-22H2,1-2H3,(H,37,49)(H,38,50)(H,39,43)(H,40,44)/b7-5-,8-6-/t25-,26-,27-,28-,29-,30-,31-,32-,33-,34-/m1/s1. The number of carbonyl (C=O) groups is 4. The first-order valence-electron chi connectivity index (χ1n) is 19.2. The molecule has 0 aromatic carbocycles. The largest absolute Gasteiger partial charge is 0.445 e. The van der Waals surface area contributed by atoms with E-state index in [1.165, 1.54) is 26.0 Å². The molecule has 22 nitrogen and oxygen atoms in total. The summed E-state index contributed by atoms with van der Waals surface area (Å²) >= 11 is 0. The molecule has 0 saturated carbocycles. The quantitative estimate of drug-likeness (QED) is 0.0292. The van der Waals surface area contributed by atoms with Crippen LogP contribution in [0.4, 0.5) is 9.59 Å². The highest BCUT2D eigenvalue weighted by molar-refractivity contribution is 5.73. The lowest BCUT2D eigenvalue weighted by atomic mass is 9.97. The summed E-state index contributed by atoms with van der Waals surface area (Å²) < 4.78 is 43.2. The molecule has 10 atom stereocenters. The van der Waals surface area contributed by atoms with Gasteiger partial charge in [0.2, 0.25) is 11.8 Å². The van der Waals surface area contributed by atoms with Crippen LogP contribution >= 0.6 is 0 Å². The third-order valence-corrected chi connectivity index (χ3v) is 8.47. The Morgan fingerprint density at radius 2 is 0.914 bits per heavy atom. The lowest BCUT2D eigenvalue weighted by Crippen LogP contribution is -2.64. The molecule has 0 spiro atoms. The third kappa shape index (κ3) is 20.0. The van der Waals surface area contributed by atoms with Crippen LogP contribution in [0.2, 0.25) is 0 Å². The fraction of sp³-hybridized carbons (Fsp3) is 0.778. The first-order chi connectivity index (χ1) is 27.9. The Labute approximate surface area is 337 Å². The van der Waals surface area contributed by atoms with Crippen molar-refractivity contribution in [2.45, 2.75) is 101 Å². The Morgan fingerprint density at radius 3 is 1.28 bits per heavy atom. The van der Waals surface area contributed by atoms with Crippen LogP contribution in [0.15, 0.2) is 24.3 Å². The van der Waals surface area contributed by atoms with Crippen LogP contribution in [0.1, 0.15) is 39.5 Å². The van der Waals surface area contributed by atoms with Gasteiger partial charge in [-0.15, -0.1) is 0 Å². The van der Waals surface area contributed by atoms with E-state index in [4.69, 9.17) is 37.9 Å². The highest BCUT2D eigenvalue weighted by Gasteiger charge is 2.46. The minimum atomic E-state index is -1.41. The van der Waals surface area contributed by atoms with Crippen molar-refractivity contribution in [3.63, 3.8) is 0 Å². The van der Waals surface area contributed by atoms with Gasteiger partial charge in [-0.25, -0.2) is 9.59 Å². The van der Waals surface area contributed by atoms with Gasteiger partial charge in [-0.2, -0.15) is 0 Å². The number of carbonyl (C=O) groups excluding carboxylic acids is 4. The number of unbranched alkanes of at least 4 members (excludes halogenated alkanes) is 1. The molecule has 0 bridgehead atoms. The summed E-state index contributed by atoms with van der Waals surface area (Å²) in [5.74, 6) is -0.924. The van der Waals surface area contributed by atoms with E-state index >= 15 is 0 Å². The maximum Gasteiger partial charge on any atom is 0.407 e. The molecule has 2 heterocycles. The van der Waals surface area contributed by atoms with Gasteiger partial charge in [-0.05, 0) is 37.8 Å². The SMILES string of the molecule is CC(=O)N[C@H]1[C@H](OC/C=C\COC(=O)NCCCOCCCCOCCCNC(=O)OC/C=C\CO[C@@H]2O[C@H](CO)[C@@H](O)[C@H](O)[C@H]2NC(C)=O)O[C@H](CO)[C@@H](O)[C@@H]1O. The molecule has 10 N–H and O–H groups in total. The van der Waals surface area contributed by atoms with Crippen LogP contribution in [-0.2, 0) is 47.5 Å². The molecular weight excluding hydrogens is 776 g/mol. The van der Waals surface area contributed by atoms with E-state index in [1.807, 2.05) is 0 Å². The number of aliphatic hydroxyl groups excluding tert-OH is 6. The second-order valence-corrected chi connectivity index (χ2v) is 13.2. The minimum absolute atomic E-state index is 0.0209. The van der Waals surface area contributed by atoms with E-state index in [1.54, 1.807) is 12.2 Å². The number of nitrogens with one attached hydrogen (secondary N) is 4. The number of hydrogen-bond acceptors (Lipinski definition) is 18. The average molecular weight is 839 g/mol. The van der Waals surface area contributed by atoms with Crippen molar-refractivity contribution in [2.24, 2.45) is 0 Å². The van der Waals surface area contributed by atoms with Gasteiger partial charge in [0, 0.05) is 53.4 Å². The zero-order valence-corrected chi connectivity index (χ0v) is 33.0. The summed E-state index contributed by atoms with van der Waals surface area (Å²) in [6, 6.07) is -2.10. The fourth-order valence-electron chi connectivity index (χ4n) is 5.49. The first-order valence-corrected chi connectivity index (χ1v) is 19.2. The van der Waals surface area contributed by atoms with Crippen LogP contribution in [0.25, 0.3) is 0 Å². The van der Waals surface area contributed by atoms with Gasteiger partial charge in [-0.3, -0.25) is 9.59 Å². The third-order valence-electron chi connectivity index (χ3n) is 8.47. The number of ether oxygens (including phenoxy) is 8. The first kappa shape index (κ1) is 50.6. The lowest BCUT2D eigenvalue weighted by molar-refractivity contribution is -0.267. The molecule has 0 aromatic heterocycles. The Balaban J connectivity index is 1.39. The normalized spacial score (nSPS) is 27.3. The molecule has 0 aromatic rings. The summed E-state index contributed by atoms with van der Waals surface area (Å²) in [6.07, 6.45) is -2.36. The molecule has 0 radical (unpaired) electrons. The van der Waals surface area contributed by atoms with E-state index in [2.05, 4.69) is 21.3 Å². The molecule has 58 heavy (non-hydrogen) atoms. The van der Waals surface area contributed by atoms with Crippen molar-refractivity contribution in [2.75, 3.05) is 79.2 Å². The summed E-state index contributed by atoms with van der Waals surface area (Å²) in [4.78, 5) is 46.7. The van der Waals surface area contributed by atoms with Crippen molar-refractivity contribution >= 4 is 24.0 Å². The Kier molecular flexibility index (Phi) is 25.9. The van der Waals surface area contributed by atoms with E-state index in [-0.39, 0.29) is 26.4 Å². The molecular formula is C36H62N4O18. The van der Waals surface area contributed by atoms with Gasteiger partial charge in [0.05, 0.1) is 26.4 Å². The highest BCUT2D eigenvalue weighted by Crippen LogP contribution is 2.23. The molecule has 0 aliphatic carbocycles. The van der Waals surface area contributed by atoms with Gasteiger partial charge in [0.25, 0.3) is 0 Å². The number of aliphatic hydroxyl groups is 6. The zero-order valence-electron chi connectivity index (χ0n) is 33.0. The molecule has 2 aliphatic heterocycles. The fourth-order valence-corrected chi connectivity index (χ4v) is 5.49. The Bertz CT molecular complexity index is 1150. The van der Waals surface area contributed by atoms with E-state index in [0.717, 1.165) is 12.8 Å². The molecule has 2 saturated heterocycles. The van der Waals surface area contributed by atoms with Crippen molar-refractivity contribution in [3.05, 3.63) is 24.3 Å². The van der Waals surface area contributed by atoms with Gasteiger partial charge in [-0.1, -0.05) is 12.2 Å². The second kappa shape index (κ2) is 29.7. The smallest absolute Gasteiger partial charge is 0.407 e. The number of amides is 4. The predicted molar refractivity (Wildman–Crippen MR) is 200 cm³/mol. The van der Waals surface area contributed by atoms with E-state index < -0.39 is 98.5 Å². The number of alkyl carbamates (subject to hydrolysis) is 2. The summed E-state index contributed by atoms with van der Waals surface area (Å²) in [6.45, 7) is 3.96. The summed E-state index contributed by atoms with van der Waals surface area (Å²) in [7, 11) is 0. The van der Waals surface area contributed by atoms with Gasteiger partial charge >= 0.3 is 12.2 Å². The average Bonchev–Trinajstić information content (AvgIpc) is 3.19. The topological polar surface area (TPSA) is 312 Å². The molecule has 22 heteroatoms. The zero-order chi connectivity index (χ0) is 42.7. The van der Waals surface area contributed by atoms with Gasteiger partial charge in [0.15, 0.2) is 12.6 Å². The highest BCUT2D eigenvalue weighted by atomic mass is 16.7. The molecule has 2 rings (SSSR count). The van der Waals surface area contributed by atoms with E-state index in [9.17, 15) is 49.8 Å². The van der Waals surface area contributed by atoms with Gasteiger partial charge in [0.1, 0.15) is 61.9 Å². The molecule has 2 aliphatic rings. The van der Waals surface area contributed by atoms with Crippen molar-refractivity contribution in [3.8, 4) is 0 Å². The van der Waals surface area contributed by atoms with E-state index in [0.29, 0.717) is 52.4 Å². The summed E-state index contributed by atoms with van der Waals surface area (Å²) in [5.41, 5.74) is 0. The van der Waals surface area contributed by atoms with Crippen LogP contribution < -0.4 is 21.3 Å². The lowest BCUT2D eigenvalue weighted by Gasteiger charge is -2.42. The van der Waals surface area contributed by atoms with Crippen molar-refractivity contribution in [1.29, 1.82) is 0 Å². The molecule has 4 amide bonds. The molecule has 0 unspecified atom stereocenters. The maximum absolute atomic E-state index is 11.9. The van der Waals surface area contributed by atoms with Crippen LogP contribution in [0.3, 0.4) is 0 Å². The summed E-state index contributed by atoms with van der Waals surface area (Å²) in [5, 5.41) is 69.5. The predicted octanol–water partition coefficient (Wildman–Crippen LogP) is -2.93. The molecule has 2 fully saturated rings. The minimum Gasteiger partial charge on any atom is -0.445 e.